The Balaban J connectivity index is 2.91. The summed E-state index contributed by atoms with van der Waals surface area (Å²) in [6, 6.07) is -1.89. The first-order valence-electron chi connectivity index (χ1n) is 10.5. The molecule has 2 amide bonds. The van der Waals surface area contributed by atoms with Crippen molar-refractivity contribution >= 4 is 26.1 Å². The predicted octanol–water partition coefficient (Wildman–Crippen LogP) is 2.26. The minimum absolute atomic E-state index is 0.0522. The van der Waals surface area contributed by atoms with Crippen LogP contribution in [0.5, 0.6) is 0 Å². The number of nitrogens with two attached hydrogens (primary N) is 1. The maximum Gasteiger partial charge on any atom is 0.315 e. The molecule has 0 radical (unpaired) electrons. The van der Waals surface area contributed by atoms with E-state index in [-0.39, 0.29) is 29.6 Å². The number of rotatable bonds is 9. The summed E-state index contributed by atoms with van der Waals surface area (Å²) in [5.41, 5.74) is 6.11. The van der Waals surface area contributed by atoms with Crippen molar-refractivity contribution in [3.8, 4) is 0 Å². The standard InChI is InChI=1S/C20H39N3O4Si/c1-8-13(3)16(21)19(25)23-12-10-11-15(23)18(24)22-17(14(4)9-2)20(26)27-28(5,6)7/h13-17H,8-12,21H2,1-7H3,(H,22,24). The lowest BCUT2D eigenvalue weighted by atomic mass is 9.97. The van der Waals surface area contributed by atoms with Crippen molar-refractivity contribution in [1.82, 2.24) is 10.2 Å². The van der Waals surface area contributed by atoms with E-state index in [1.54, 1.807) is 4.90 Å². The number of nitrogens with one attached hydrogen (secondary N) is 1. The third-order valence-electron chi connectivity index (χ3n) is 5.55. The zero-order valence-electron chi connectivity index (χ0n) is 18.6. The van der Waals surface area contributed by atoms with Crippen LogP contribution in [-0.4, -0.2) is 55.7 Å². The van der Waals surface area contributed by atoms with Crippen LogP contribution in [0.1, 0.15) is 53.4 Å². The van der Waals surface area contributed by atoms with Gasteiger partial charge in [0.2, 0.25) is 20.1 Å². The quantitative estimate of drug-likeness (QED) is 0.565. The molecular formula is C20H39N3O4Si. The molecule has 0 aliphatic carbocycles. The molecule has 1 aliphatic rings. The molecule has 5 atom stereocenters. The van der Waals surface area contributed by atoms with E-state index >= 15 is 0 Å². The number of amides is 2. The molecule has 0 aromatic heterocycles. The lowest BCUT2D eigenvalue weighted by Crippen LogP contribution is -2.56. The first-order valence-corrected chi connectivity index (χ1v) is 13.9. The normalized spacial score (nSPS) is 21.6. The van der Waals surface area contributed by atoms with E-state index in [1.807, 2.05) is 47.3 Å². The van der Waals surface area contributed by atoms with E-state index in [4.69, 9.17) is 10.2 Å². The van der Waals surface area contributed by atoms with Gasteiger partial charge < -0.3 is 20.4 Å². The first kappa shape index (κ1) is 24.6. The Morgan fingerprint density at radius 1 is 1.14 bits per heavy atom. The Morgan fingerprint density at radius 2 is 1.71 bits per heavy atom. The summed E-state index contributed by atoms with van der Waals surface area (Å²) in [7, 11) is -2.07. The molecule has 3 N–H and O–H groups in total. The lowest BCUT2D eigenvalue weighted by molar-refractivity contribution is -0.144. The number of carbonyl (C=O) groups is 3. The van der Waals surface area contributed by atoms with Gasteiger partial charge in [-0.3, -0.25) is 14.4 Å². The fourth-order valence-electron chi connectivity index (χ4n) is 3.28. The average molecular weight is 414 g/mol. The van der Waals surface area contributed by atoms with E-state index < -0.39 is 26.4 Å². The number of hydrogen-bond donors (Lipinski definition) is 2. The molecular weight excluding hydrogens is 374 g/mol. The molecule has 1 aliphatic heterocycles. The number of hydrogen-bond acceptors (Lipinski definition) is 5. The molecule has 8 heteroatoms. The Hall–Kier alpha value is -1.41. The number of carbonyl (C=O) groups excluding carboxylic acids is 3. The van der Waals surface area contributed by atoms with Gasteiger partial charge in [0.1, 0.15) is 12.1 Å². The number of likely N-dealkylation sites (tertiary alicyclic amines) is 1. The summed E-state index contributed by atoms with van der Waals surface area (Å²) in [4.78, 5) is 40.0. The molecule has 0 aromatic rings. The van der Waals surface area contributed by atoms with E-state index in [9.17, 15) is 14.4 Å². The molecule has 28 heavy (non-hydrogen) atoms. The maximum atomic E-state index is 13.0. The van der Waals surface area contributed by atoms with Crippen LogP contribution >= 0.6 is 0 Å². The smallest absolute Gasteiger partial charge is 0.315 e. The highest BCUT2D eigenvalue weighted by atomic mass is 28.4. The predicted molar refractivity (Wildman–Crippen MR) is 113 cm³/mol. The van der Waals surface area contributed by atoms with Crippen molar-refractivity contribution in [2.24, 2.45) is 17.6 Å². The van der Waals surface area contributed by atoms with Gasteiger partial charge in [-0.15, -0.1) is 0 Å². The fraction of sp³-hybridized carbons (Fsp3) is 0.850. The van der Waals surface area contributed by atoms with Gasteiger partial charge >= 0.3 is 5.97 Å². The molecule has 5 unspecified atom stereocenters. The van der Waals surface area contributed by atoms with Crippen LogP contribution in [0.15, 0.2) is 0 Å². The molecule has 0 saturated carbocycles. The molecule has 0 bridgehead atoms. The Labute approximate surface area is 170 Å². The van der Waals surface area contributed by atoms with E-state index in [1.165, 1.54) is 0 Å². The van der Waals surface area contributed by atoms with Crippen molar-refractivity contribution in [2.75, 3.05) is 6.54 Å². The van der Waals surface area contributed by atoms with Gasteiger partial charge in [0.25, 0.3) is 0 Å². The Morgan fingerprint density at radius 3 is 2.21 bits per heavy atom. The maximum absolute atomic E-state index is 13.0. The second kappa shape index (κ2) is 10.4. The molecule has 1 saturated heterocycles. The van der Waals surface area contributed by atoms with Crippen LogP contribution in [0.2, 0.25) is 19.6 Å². The molecule has 1 heterocycles. The zero-order valence-corrected chi connectivity index (χ0v) is 19.6. The van der Waals surface area contributed by atoms with Crippen molar-refractivity contribution in [1.29, 1.82) is 0 Å². The monoisotopic (exact) mass is 413 g/mol. The van der Waals surface area contributed by atoms with Gasteiger partial charge in [-0.2, -0.15) is 0 Å². The Kier molecular flexibility index (Phi) is 9.14. The minimum atomic E-state index is -2.07. The topological polar surface area (TPSA) is 102 Å². The SMILES string of the molecule is CCC(C)C(N)C(=O)N1CCCC1C(=O)NC(C(=O)O[Si](C)(C)C)C(C)CC. The summed E-state index contributed by atoms with van der Waals surface area (Å²) in [5.74, 6) is -0.858. The largest absolute Gasteiger partial charge is 0.518 e. The van der Waals surface area contributed by atoms with Gasteiger partial charge in [0.05, 0.1) is 6.04 Å². The highest BCUT2D eigenvalue weighted by molar-refractivity contribution is 6.71. The van der Waals surface area contributed by atoms with Crippen LogP contribution in [0, 0.1) is 11.8 Å². The number of nitrogens with zero attached hydrogens (tertiary/aromatic N) is 1. The minimum Gasteiger partial charge on any atom is -0.518 e. The van der Waals surface area contributed by atoms with Crippen LogP contribution in [0.25, 0.3) is 0 Å². The lowest BCUT2D eigenvalue weighted by Gasteiger charge is -2.31. The summed E-state index contributed by atoms with van der Waals surface area (Å²) in [5, 5.41) is 2.87. The second-order valence-corrected chi connectivity index (χ2v) is 13.4. The van der Waals surface area contributed by atoms with E-state index in [0.29, 0.717) is 13.0 Å². The summed E-state index contributed by atoms with van der Waals surface area (Å²) < 4.78 is 5.63. The van der Waals surface area contributed by atoms with Crippen molar-refractivity contribution < 1.29 is 18.8 Å². The molecule has 0 spiro atoms. The average Bonchev–Trinajstić information content (AvgIpc) is 3.11. The highest BCUT2D eigenvalue weighted by Crippen LogP contribution is 2.22. The van der Waals surface area contributed by atoms with Gasteiger partial charge in [-0.25, -0.2) is 0 Å². The van der Waals surface area contributed by atoms with Gasteiger partial charge in [-0.1, -0.05) is 40.5 Å². The van der Waals surface area contributed by atoms with Crippen molar-refractivity contribution in [2.45, 2.75) is 91.1 Å². The van der Waals surface area contributed by atoms with Crippen molar-refractivity contribution in [3.05, 3.63) is 0 Å². The van der Waals surface area contributed by atoms with Crippen LogP contribution < -0.4 is 11.1 Å². The van der Waals surface area contributed by atoms with E-state index in [0.717, 1.165) is 19.3 Å². The molecule has 7 nitrogen and oxygen atoms in total. The van der Waals surface area contributed by atoms with Crippen LogP contribution in [-0.2, 0) is 18.8 Å². The summed E-state index contributed by atoms with van der Waals surface area (Å²) >= 11 is 0. The second-order valence-electron chi connectivity index (χ2n) is 9.01. The molecule has 162 valence electrons. The van der Waals surface area contributed by atoms with Crippen LogP contribution in [0.4, 0.5) is 0 Å². The third-order valence-corrected chi connectivity index (χ3v) is 6.37. The fourth-order valence-corrected chi connectivity index (χ4v) is 4.01. The Bertz CT molecular complexity index is 564. The summed E-state index contributed by atoms with van der Waals surface area (Å²) in [6.07, 6.45) is 2.87. The molecule has 1 rings (SSSR count). The van der Waals surface area contributed by atoms with Crippen LogP contribution in [0.3, 0.4) is 0 Å². The molecule has 0 aromatic carbocycles. The highest BCUT2D eigenvalue weighted by Gasteiger charge is 2.39. The van der Waals surface area contributed by atoms with Gasteiger partial charge in [0, 0.05) is 6.54 Å². The molecule has 1 fully saturated rings. The third kappa shape index (κ3) is 6.58. The van der Waals surface area contributed by atoms with Gasteiger partial charge in [0.15, 0.2) is 0 Å². The van der Waals surface area contributed by atoms with Gasteiger partial charge in [-0.05, 0) is 44.3 Å². The summed E-state index contributed by atoms with van der Waals surface area (Å²) in [6.45, 7) is 14.2. The van der Waals surface area contributed by atoms with Crippen molar-refractivity contribution in [3.63, 3.8) is 0 Å². The van der Waals surface area contributed by atoms with E-state index in [2.05, 4.69) is 5.32 Å². The first-order chi connectivity index (χ1) is 12.9. The zero-order chi connectivity index (χ0) is 21.6.